The molecule has 70 valence electrons. The van der Waals surface area contributed by atoms with Crippen LogP contribution in [0.25, 0.3) is 0 Å². The maximum Gasteiger partial charge on any atom is 0.126 e. The van der Waals surface area contributed by atoms with Crippen molar-refractivity contribution < 1.29 is 9.50 Å². The molecule has 1 N–H and O–H groups in total. The fraction of sp³-hybridized carbons (Fsp3) is 0.455. The van der Waals surface area contributed by atoms with E-state index >= 15 is 0 Å². The molecule has 0 heterocycles. The summed E-state index contributed by atoms with van der Waals surface area (Å²) in [6.07, 6.45) is 1.52. The van der Waals surface area contributed by atoms with Crippen molar-refractivity contribution in [3.8, 4) is 0 Å². The Morgan fingerprint density at radius 2 is 1.92 bits per heavy atom. The third-order valence-electron chi connectivity index (χ3n) is 2.71. The second-order valence-corrected chi connectivity index (χ2v) is 3.95. The predicted molar refractivity (Wildman–Crippen MR) is 49.0 cm³/mol. The average molecular weight is 180 g/mol. The van der Waals surface area contributed by atoms with E-state index in [1.54, 1.807) is 6.92 Å². The minimum atomic E-state index is -0.725. The van der Waals surface area contributed by atoms with E-state index in [1.165, 1.54) is 6.07 Å². The predicted octanol–water partition coefficient (Wildman–Crippen LogP) is 2.42. The van der Waals surface area contributed by atoms with Crippen LogP contribution in [0.15, 0.2) is 12.1 Å². The van der Waals surface area contributed by atoms with Crippen LogP contribution >= 0.6 is 0 Å². The molecule has 0 amide bonds. The molecule has 1 aromatic carbocycles. The first-order valence-corrected chi connectivity index (χ1v) is 4.52. The Hall–Kier alpha value is -0.890. The lowest BCUT2D eigenvalue weighted by Gasteiger charge is -2.13. The van der Waals surface area contributed by atoms with Crippen LogP contribution in [-0.2, 0) is 5.60 Å². The second-order valence-electron chi connectivity index (χ2n) is 3.95. The van der Waals surface area contributed by atoms with Crippen LogP contribution in [0.1, 0.15) is 29.5 Å². The first-order valence-electron chi connectivity index (χ1n) is 4.52. The summed E-state index contributed by atoms with van der Waals surface area (Å²) in [5.41, 5.74) is 1.51. The molecule has 0 unspecified atom stereocenters. The Balaban J connectivity index is 2.56. The average Bonchev–Trinajstić information content (AvgIpc) is 2.77. The van der Waals surface area contributed by atoms with Gasteiger partial charge in [-0.05, 0) is 49.4 Å². The van der Waals surface area contributed by atoms with Crippen molar-refractivity contribution in [1.82, 2.24) is 0 Å². The summed E-state index contributed by atoms with van der Waals surface area (Å²) in [5.74, 6) is -0.213. The lowest BCUT2D eigenvalue weighted by molar-refractivity contribution is 0.150. The minimum Gasteiger partial charge on any atom is -0.385 e. The molecule has 1 aromatic rings. The van der Waals surface area contributed by atoms with Crippen LogP contribution in [0.2, 0.25) is 0 Å². The third-order valence-corrected chi connectivity index (χ3v) is 2.71. The molecule has 0 aliphatic heterocycles. The fourth-order valence-corrected chi connectivity index (χ4v) is 1.69. The summed E-state index contributed by atoms with van der Waals surface area (Å²) in [7, 11) is 0. The van der Waals surface area contributed by atoms with Crippen molar-refractivity contribution in [2.24, 2.45) is 0 Å². The first-order chi connectivity index (χ1) is 6.03. The summed E-state index contributed by atoms with van der Waals surface area (Å²) in [4.78, 5) is 0. The highest BCUT2D eigenvalue weighted by Crippen LogP contribution is 2.47. The Morgan fingerprint density at radius 3 is 2.46 bits per heavy atom. The first kappa shape index (κ1) is 8.70. The highest BCUT2D eigenvalue weighted by molar-refractivity contribution is 5.38. The van der Waals surface area contributed by atoms with E-state index in [9.17, 15) is 9.50 Å². The summed E-state index contributed by atoms with van der Waals surface area (Å²) >= 11 is 0. The summed E-state index contributed by atoms with van der Waals surface area (Å²) in [6.45, 7) is 3.57. The molecule has 1 saturated carbocycles. The van der Waals surface area contributed by atoms with Crippen molar-refractivity contribution in [1.29, 1.82) is 0 Å². The monoisotopic (exact) mass is 180 g/mol. The molecule has 13 heavy (non-hydrogen) atoms. The number of aliphatic hydroxyl groups is 1. The Labute approximate surface area is 77.2 Å². The minimum absolute atomic E-state index is 0.213. The number of hydrogen-bond acceptors (Lipinski definition) is 1. The van der Waals surface area contributed by atoms with Gasteiger partial charge in [0.05, 0.1) is 5.60 Å². The van der Waals surface area contributed by atoms with E-state index in [-0.39, 0.29) is 5.82 Å². The van der Waals surface area contributed by atoms with Gasteiger partial charge >= 0.3 is 0 Å². The van der Waals surface area contributed by atoms with Crippen molar-refractivity contribution in [3.05, 3.63) is 34.6 Å². The van der Waals surface area contributed by atoms with Gasteiger partial charge in [-0.15, -0.1) is 0 Å². The Morgan fingerprint density at radius 1 is 1.31 bits per heavy atom. The highest BCUT2D eigenvalue weighted by Gasteiger charge is 2.43. The van der Waals surface area contributed by atoms with Crippen molar-refractivity contribution in [3.63, 3.8) is 0 Å². The number of aryl methyl sites for hydroxylation is 1. The zero-order chi connectivity index (χ0) is 9.64. The van der Waals surface area contributed by atoms with E-state index in [1.807, 2.05) is 13.0 Å². The Kier molecular flexibility index (Phi) is 1.70. The molecule has 0 aromatic heterocycles. The van der Waals surface area contributed by atoms with Gasteiger partial charge < -0.3 is 5.11 Å². The third kappa shape index (κ3) is 1.35. The Bertz CT molecular complexity index is 353. The van der Waals surface area contributed by atoms with Gasteiger partial charge in [0.15, 0.2) is 0 Å². The maximum atomic E-state index is 13.3. The molecule has 0 saturated heterocycles. The zero-order valence-corrected chi connectivity index (χ0v) is 7.89. The van der Waals surface area contributed by atoms with Crippen LogP contribution < -0.4 is 0 Å². The quantitative estimate of drug-likeness (QED) is 0.703. The van der Waals surface area contributed by atoms with E-state index in [2.05, 4.69) is 0 Å². The van der Waals surface area contributed by atoms with Gasteiger partial charge in [-0.2, -0.15) is 0 Å². The molecule has 1 fully saturated rings. The fourth-order valence-electron chi connectivity index (χ4n) is 1.69. The van der Waals surface area contributed by atoms with Gasteiger partial charge in [-0.25, -0.2) is 4.39 Å². The van der Waals surface area contributed by atoms with E-state index in [0.29, 0.717) is 5.56 Å². The summed E-state index contributed by atoms with van der Waals surface area (Å²) in [5, 5.41) is 9.86. The standard InChI is InChI=1S/C11H13FO/c1-7-5-9(11(13)3-4-11)8(2)10(12)6-7/h5-6,13H,3-4H2,1-2H3. The van der Waals surface area contributed by atoms with E-state index in [4.69, 9.17) is 0 Å². The highest BCUT2D eigenvalue weighted by atomic mass is 19.1. The molecule has 0 spiro atoms. The number of rotatable bonds is 1. The molecule has 0 radical (unpaired) electrons. The van der Waals surface area contributed by atoms with Crippen LogP contribution in [0.5, 0.6) is 0 Å². The number of benzene rings is 1. The number of halogens is 1. The van der Waals surface area contributed by atoms with Gasteiger partial charge in [0.25, 0.3) is 0 Å². The molecule has 1 aliphatic carbocycles. The van der Waals surface area contributed by atoms with Crippen LogP contribution in [0.3, 0.4) is 0 Å². The lowest BCUT2D eigenvalue weighted by Crippen LogP contribution is -2.08. The molecule has 2 heteroatoms. The SMILES string of the molecule is Cc1cc(F)c(C)c(C2(O)CC2)c1. The molecule has 0 atom stereocenters. The van der Waals surface area contributed by atoms with Crippen molar-refractivity contribution >= 4 is 0 Å². The molecular weight excluding hydrogens is 167 g/mol. The molecular formula is C11H13FO. The molecule has 1 nitrogen and oxygen atoms in total. The lowest BCUT2D eigenvalue weighted by atomic mass is 9.99. The normalized spacial score (nSPS) is 18.8. The van der Waals surface area contributed by atoms with Crippen molar-refractivity contribution in [2.45, 2.75) is 32.3 Å². The van der Waals surface area contributed by atoms with E-state index < -0.39 is 5.60 Å². The van der Waals surface area contributed by atoms with Crippen LogP contribution in [0, 0.1) is 19.7 Å². The topological polar surface area (TPSA) is 20.2 Å². The number of hydrogen-bond donors (Lipinski definition) is 1. The largest absolute Gasteiger partial charge is 0.385 e. The van der Waals surface area contributed by atoms with Gasteiger partial charge in [-0.1, -0.05) is 6.07 Å². The summed E-state index contributed by atoms with van der Waals surface area (Å²) in [6, 6.07) is 3.38. The zero-order valence-electron chi connectivity index (χ0n) is 7.89. The summed E-state index contributed by atoms with van der Waals surface area (Å²) < 4.78 is 13.3. The molecule has 2 rings (SSSR count). The van der Waals surface area contributed by atoms with Gasteiger partial charge in [0.1, 0.15) is 5.82 Å². The van der Waals surface area contributed by atoms with Gasteiger partial charge in [-0.3, -0.25) is 0 Å². The maximum absolute atomic E-state index is 13.3. The smallest absolute Gasteiger partial charge is 0.126 e. The van der Waals surface area contributed by atoms with Crippen molar-refractivity contribution in [2.75, 3.05) is 0 Å². The second kappa shape index (κ2) is 2.55. The molecule has 0 bridgehead atoms. The van der Waals surface area contributed by atoms with Crippen LogP contribution in [0.4, 0.5) is 4.39 Å². The van der Waals surface area contributed by atoms with Crippen LogP contribution in [-0.4, -0.2) is 5.11 Å². The van der Waals surface area contributed by atoms with E-state index in [0.717, 1.165) is 24.0 Å². The van der Waals surface area contributed by atoms with Gasteiger partial charge in [0.2, 0.25) is 0 Å². The molecule has 1 aliphatic rings. The van der Waals surface area contributed by atoms with Gasteiger partial charge in [0, 0.05) is 0 Å².